The number of nitrogens with zero attached hydrogens (tertiary/aromatic N) is 4. The summed E-state index contributed by atoms with van der Waals surface area (Å²) in [6.07, 6.45) is 2.79. The number of hydrogen-bond donors (Lipinski definition) is 2. The number of fused-ring (bicyclic) bond motifs is 1. The van der Waals surface area contributed by atoms with E-state index in [0.29, 0.717) is 33.0 Å². The minimum absolute atomic E-state index is 0.248. The van der Waals surface area contributed by atoms with Gasteiger partial charge in [-0.1, -0.05) is 18.2 Å². The van der Waals surface area contributed by atoms with E-state index < -0.39 is 0 Å². The Hall–Kier alpha value is -3.63. The highest BCUT2D eigenvalue weighted by Gasteiger charge is 2.19. The highest BCUT2D eigenvalue weighted by atomic mass is 32.1. The second kappa shape index (κ2) is 7.32. The molecule has 0 aliphatic rings. The summed E-state index contributed by atoms with van der Waals surface area (Å²) in [6, 6.07) is 11.2. The number of benzene rings is 1. The number of para-hydroxylation sites is 2. The number of hydrogen-bond acceptors (Lipinski definition) is 7. The number of carbonyl (C=O) groups excluding carboxylic acids is 1. The third kappa shape index (κ3) is 3.11. The highest BCUT2D eigenvalue weighted by Crippen LogP contribution is 2.32. The Balaban J connectivity index is 1.52. The van der Waals surface area contributed by atoms with Gasteiger partial charge in [0.05, 0.1) is 34.5 Å². The minimum atomic E-state index is -0.269. The van der Waals surface area contributed by atoms with Crippen molar-refractivity contribution in [1.29, 1.82) is 0 Å². The Labute approximate surface area is 177 Å². The molecule has 0 fully saturated rings. The molecule has 1 amide bonds. The molecular weight excluding hydrogens is 420 g/mol. The lowest BCUT2D eigenvalue weighted by molar-refractivity contribution is 0.103. The van der Waals surface area contributed by atoms with Gasteiger partial charge in [-0.3, -0.25) is 9.59 Å². The van der Waals surface area contributed by atoms with Gasteiger partial charge in [0.25, 0.3) is 11.5 Å². The Morgan fingerprint density at radius 2 is 2.07 bits per heavy atom. The molecule has 0 aliphatic carbocycles. The van der Waals surface area contributed by atoms with Crippen LogP contribution in [-0.4, -0.2) is 30.6 Å². The summed E-state index contributed by atoms with van der Waals surface area (Å²) in [6.45, 7) is 1.83. The molecule has 4 aromatic heterocycles. The van der Waals surface area contributed by atoms with E-state index >= 15 is 0 Å². The van der Waals surface area contributed by atoms with Crippen molar-refractivity contribution in [2.45, 2.75) is 6.92 Å². The Morgan fingerprint density at radius 1 is 1.20 bits per heavy atom. The number of nitrogens with one attached hydrogen (secondary N) is 2. The molecule has 30 heavy (non-hydrogen) atoms. The SMILES string of the molecule is Cc1nc(-c2cccs2)sc1C(=O)Nc1ccccc1-n1ncc2c(=O)[nH]cnc21. The molecule has 0 saturated carbocycles. The number of thiazole rings is 1. The van der Waals surface area contributed by atoms with Gasteiger partial charge in [0.15, 0.2) is 5.65 Å². The molecule has 0 spiro atoms. The fourth-order valence-electron chi connectivity index (χ4n) is 3.09. The van der Waals surface area contributed by atoms with E-state index in [1.165, 1.54) is 28.5 Å². The molecule has 0 saturated heterocycles. The van der Waals surface area contributed by atoms with Gasteiger partial charge >= 0.3 is 0 Å². The summed E-state index contributed by atoms with van der Waals surface area (Å²) >= 11 is 2.95. The van der Waals surface area contributed by atoms with Gasteiger partial charge in [-0.25, -0.2) is 14.6 Å². The van der Waals surface area contributed by atoms with Crippen LogP contribution in [0.25, 0.3) is 26.6 Å². The predicted molar refractivity (Wildman–Crippen MR) is 118 cm³/mol. The zero-order chi connectivity index (χ0) is 20.7. The first-order valence-electron chi connectivity index (χ1n) is 8.95. The van der Waals surface area contributed by atoms with Crippen molar-refractivity contribution in [3.05, 3.63) is 75.2 Å². The van der Waals surface area contributed by atoms with Gasteiger partial charge in [-0.2, -0.15) is 5.10 Å². The number of H-pyrrole nitrogens is 1. The van der Waals surface area contributed by atoms with Gasteiger partial charge in [0, 0.05) is 0 Å². The second-order valence-corrected chi connectivity index (χ2v) is 8.35. The first-order chi connectivity index (χ1) is 14.6. The lowest BCUT2D eigenvalue weighted by Gasteiger charge is -2.11. The van der Waals surface area contributed by atoms with Crippen molar-refractivity contribution in [3.63, 3.8) is 0 Å². The Morgan fingerprint density at radius 3 is 2.90 bits per heavy atom. The largest absolute Gasteiger partial charge is 0.319 e. The molecule has 148 valence electrons. The standard InChI is InChI=1S/C20H14N6O2S2/c1-11-16(30-20(24-11)15-7-4-8-29-15)19(28)25-13-5-2-3-6-14(13)26-17-12(9-23-26)18(27)22-10-21-17/h2-10H,1H3,(H,25,28)(H,21,22,27). The van der Waals surface area contributed by atoms with Crippen LogP contribution in [-0.2, 0) is 0 Å². The van der Waals surface area contributed by atoms with Gasteiger partial charge in [-0.15, -0.1) is 22.7 Å². The number of anilines is 1. The van der Waals surface area contributed by atoms with E-state index in [4.69, 9.17) is 0 Å². The van der Waals surface area contributed by atoms with Gasteiger partial charge < -0.3 is 10.3 Å². The number of aromatic nitrogens is 5. The first kappa shape index (κ1) is 18.4. The van der Waals surface area contributed by atoms with E-state index in [1.807, 2.05) is 42.6 Å². The third-order valence-corrected chi connectivity index (χ3v) is 6.68. The normalized spacial score (nSPS) is 11.1. The summed E-state index contributed by atoms with van der Waals surface area (Å²) < 4.78 is 1.54. The lowest BCUT2D eigenvalue weighted by Crippen LogP contribution is -2.14. The van der Waals surface area contributed by atoms with Crippen LogP contribution in [0.15, 0.2) is 59.1 Å². The Bertz CT molecular complexity index is 1430. The van der Waals surface area contributed by atoms with Crippen LogP contribution in [0.4, 0.5) is 5.69 Å². The van der Waals surface area contributed by atoms with E-state index in [9.17, 15) is 9.59 Å². The van der Waals surface area contributed by atoms with E-state index in [-0.39, 0.29) is 11.5 Å². The molecule has 1 aromatic carbocycles. The molecule has 0 bridgehead atoms. The average Bonchev–Trinajstić information content (AvgIpc) is 3.48. The summed E-state index contributed by atoms with van der Waals surface area (Å²) in [7, 11) is 0. The van der Waals surface area contributed by atoms with Crippen molar-refractivity contribution >= 4 is 45.3 Å². The van der Waals surface area contributed by atoms with Crippen molar-refractivity contribution in [3.8, 4) is 15.6 Å². The van der Waals surface area contributed by atoms with Crippen LogP contribution in [0, 0.1) is 6.92 Å². The first-order valence-corrected chi connectivity index (χ1v) is 10.6. The van der Waals surface area contributed by atoms with Crippen LogP contribution in [0.2, 0.25) is 0 Å². The predicted octanol–water partition coefficient (Wildman–Crippen LogP) is 3.85. The molecule has 10 heteroatoms. The molecule has 5 aromatic rings. The molecule has 0 aliphatic heterocycles. The molecule has 2 N–H and O–H groups in total. The second-order valence-electron chi connectivity index (χ2n) is 6.41. The van der Waals surface area contributed by atoms with E-state index in [0.717, 1.165) is 9.88 Å². The van der Waals surface area contributed by atoms with Gasteiger partial charge in [0.2, 0.25) is 0 Å². The van der Waals surface area contributed by atoms with Crippen molar-refractivity contribution in [1.82, 2.24) is 24.7 Å². The number of amides is 1. The summed E-state index contributed by atoms with van der Waals surface area (Å²) in [5.74, 6) is -0.248. The van der Waals surface area contributed by atoms with Crippen LogP contribution in [0.5, 0.6) is 0 Å². The lowest BCUT2D eigenvalue weighted by atomic mass is 10.2. The zero-order valence-corrected chi connectivity index (χ0v) is 17.3. The summed E-state index contributed by atoms with van der Waals surface area (Å²) in [5.41, 5.74) is 1.99. The number of aryl methyl sites for hydroxylation is 1. The Kier molecular flexibility index (Phi) is 4.49. The zero-order valence-electron chi connectivity index (χ0n) is 15.6. The molecule has 5 rings (SSSR count). The fraction of sp³-hybridized carbons (Fsp3) is 0.0500. The monoisotopic (exact) mass is 434 g/mol. The number of rotatable bonds is 4. The van der Waals surface area contributed by atoms with E-state index in [1.54, 1.807) is 17.4 Å². The molecular formula is C20H14N6O2S2. The van der Waals surface area contributed by atoms with Crippen LogP contribution < -0.4 is 10.9 Å². The maximum Gasteiger partial charge on any atom is 0.267 e. The number of carbonyl (C=O) groups is 1. The molecule has 0 unspecified atom stereocenters. The molecule has 4 heterocycles. The minimum Gasteiger partial charge on any atom is -0.319 e. The highest BCUT2D eigenvalue weighted by molar-refractivity contribution is 7.22. The quantitative estimate of drug-likeness (QED) is 0.447. The summed E-state index contributed by atoms with van der Waals surface area (Å²) in [4.78, 5) is 37.9. The smallest absolute Gasteiger partial charge is 0.267 e. The number of thiophene rings is 1. The van der Waals surface area contributed by atoms with Crippen LogP contribution in [0.3, 0.4) is 0 Å². The topological polar surface area (TPSA) is 106 Å². The van der Waals surface area contributed by atoms with Crippen molar-refractivity contribution in [2.75, 3.05) is 5.32 Å². The van der Waals surface area contributed by atoms with Crippen molar-refractivity contribution < 1.29 is 4.79 Å². The molecule has 8 nitrogen and oxygen atoms in total. The maximum atomic E-state index is 13.0. The molecule has 0 atom stereocenters. The average molecular weight is 435 g/mol. The summed E-state index contributed by atoms with van der Waals surface area (Å²) in [5, 5.41) is 10.4. The van der Waals surface area contributed by atoms with Crippen LogP contribution in [0.1, 0.15) is 15.4 Å². The van der Waals surface area contributed by atoms with Gasteiger partial charge in [0.1, 0.15) is 15.3 Å². The van der Waals surface area contributed by atoms with Gasteiger partial charge in [-0.05, 0) is 30.5 Å². The van der Waals surface area contributed by atoms with Crippen molar-refractivity contribution in [2.24, 2.45) is 0 Å². The maximum absolute atomic E-state index is 13.0. The molecule has 0 radical (unpaired) electrons. The van der Waals surface area contributed by atoms with E-state index in [2.05, 4.69) is 25.4 Å². The fourth-order valence-corrected chi connectivity index (χ4v) is 4.85. The number of aromatic amines is 1. The third-order valence-electron chi connectivity index (χ3n) is 4.49. The van der Waals surface area contributed by atoms with Crippen LogP contribution >= 0.6 is 22.7 Å².